The van der Waals surface area contributed by atoms with Gasteiger partial charge in [-0.1, -0.05) is 25.0 Å². The van der Waals surface area contributed by atoms with Gasteiger partial charge in [-0.2, -0.15) is 0 Å². The van der Waals surface area contributed by atoms with E-state index < -0.39 is 0 Å². The van der Waals surface area contributed by atoms with Gasteiger partial charge in [-0.05, 0) is 61.7 Å². The summed E-state index contributed by atoms with van der Waals surface area (Å²) in [5.41, 5.74) is 1.69. The maximum Gasteiger partial charge on any atom is 0.244 e. The lowest BCUT2D eigenvalue weighted by Gasteiger charge is -2.19. The topological polar surface area (TPSA) is 75.7 Å². The van der Waals surface area contributed by atoms with Crippen LogP contribution in [0.3, 0.4) is 0 Å². The molecule has 1 saturated carbocycles. The van der Waals surface area contributed by atoms with Crippen LogP contribution >= 0.6 is 0 Å². The molecule has 150 valence electrons. The molecule has 4 rings (SSSR count). The molecule has 6 heteroatoms. The molecule has 0 spiro atoms. The van der Waals surface area contributed by atoms with Crippen LogP contribution in [0.2, 0.25) is 0 Å². The number of aryl methyl sites for hydroxylation is 1. The summed E-state index contributed by atoms with van der Waals surface area (Å²) in [6, 6.07) is 14.7. The highest BCUT2D eigenvalue weighted by Gasteiger charge is 2.48. The van der Waals surface area contributed by atoms with Gasteiger partial charge in [-0.3, -0.25) is 19.3 Å². The van der Waals surface area contributed by atoms with E-state index in [2.05, 4.69) is 5.32 Å². The van der Waals surface area contributed by atoms with Crippen LogP contribution in [0.5, 0.6) is 11.5 Å². The van der Waals surface area contributed by atoms with Gasteiger partial charge in [-0.25, -0.2) is 0 Å². The lowest BCUT2D eigenvalue weighted by atomic mass is 9.81. The first kappa shape index (κ1) is 19.2. The Morgan fingerprint density at radius 2 is 1.66 bits per heavy atom. The molecule has 0 radical (unpaired) electrons. The zero-order chi connectivity index (χ0) is 20.4. The molecular weight excluding hydrogens is 368 g/mol. The maximum absolute atomic E-state index is 12.5. The van der Waals surface area contributed by atoms with E-state index in [1.807, 2.05) is 31.2 Å². The van der Waals surface area contributed by atoms with E-state index in [1.54, 1.807) is 24.3 Å². The fraction of sp³-hybridized carbons (Fsp3) is 0.348. The second-order valence-electron chi connectivity index (χ2n) is 7.75. The molecule has 2 aromatic carbocycles. The number of imide groups is 1. The number of fused-ring (bicyclic) bond motifs is 1. The Kier molecular flexibility index (Phi) is 5.34. The first-order valence-corrected chi connectivity index (χ1v) is 10.0. The van der Waals surface area contributed by atoms with Gasteiger partial charge in [0.1, 0.15) is 18.0 Å². The van der Waals surface area contributed by atoms with E-state index in [0.29, 0.717) is 11.4 Å². The molecule has 1 N–H and O–H groups in total. The lowest BCUT2D eigenvalue weighted by Crippen LogP contribution is -2.38. The number of nitrogens with one attached hydrogen (secondary N) is 1. The number of amides is 3. The average molecular weight is 392 g/mol. The third kappa shape index (κ3) is 4.16. The number of ether oxygens (including phenoxy) is 1. The summed E-state index contributed by atoms with van der Waals surface area (Å²) in [4.78, 5) is 38.5. The van der Waals surface area contributed by atoms with Crippen molar-refractivity contribution in [3.63, 3.8) is 0 Å². The van der Waals surface area contributed by atoms with E-state index in [-0.39, 0.29) is 36.1 Å². The van der Waals surface area contributed by atoms with E-state index in [0.717, 1.165) is 41.9 Å². The summed E-state index contributed by atoms with van der Waals surface area (Å²) in [6.07, 6.45) is 3.43. The van der Waals surface area contributed by atoms with Crippen LogP contribution in [0.1, 0.15) is 31.2 Å². The molecule has 1 aliphatic heterocycles. The van der Waals surface area contributed by atoms with Gasteiger partial charge < -0.3 is 10.1 Å². The maximum atomic E-state index is 12.5. The molecule has 1 saturated heterocycles. The summed E-state index contributed by atoms with van der Waals surface area (Å²) in [7, 11) is 0. The minimum Gasteiger partial charge on any atom is -0.457 e. The SMILES string of the molecule is Cc1cccc(Oc2ccc(NC(=O)CN3C(=O)[C@H]4CCCC[C@@H]4C3=O)cc2)c1. The number of carbonyl (C=O) groups excluding carboxylic acids is 3. The summed E-state index contributed by atoms with van der Waals surface area (Å²) in [5.74, 6) is 0.160. The fourth-order valence-corrected chi connectivity index (χ4v) is 4.15. The smallest absolute Gasteiger partial charge is 0.244 e. The number of nitrogens with zero attached hydrogens (tertiary/aromatic N) is 1. The Hall–Kier alpha value is -3.15. The van der Waals surface area contributed by atoms with Crippen molar-refractivity contribution in [2.45, 2.75) is 32.6 Å². The minimum atomic E-state index is -0.377. The molecule has 1 heterocycles. The van der Waals surface area contributed by atoms with Crippen LogP contribution < -0.4 is 10.1 Å². The molecule has 2 atom stereocenters. The number of carbonyl (C=O) groups is 3. The van der Waals surface area contributed by atoms with Crippen molar-refractivity contribution in [3.05, 3.63) is 54.1 Å². The molecule has 29 heavy (non-hydrogen) atoms. The minimum absolute atomic E-state index is 0.197. The number of likely N-dealkylation sites (tertiary alicyclic amines) is 1. The first-order valence-electron chi connectivity index (χ1n) is 10.0. The van der Waals surface area contributed by atoms with Gasteiger partial charge in [0.2, 0.25) is 17.7 Å². The third-order valence-corrected chi connectivity index (χ3v) is 5.60. The number of anilines is 1. The van der Waals surface area contributed by atoms with Crippen LogP contribution in [-0.4, -0.2) is 29.2 Å². The van der Waals surface area contributed by atoms with Crippen LogP contribution in [0.4, 0.5) is 5.69 Å². The molecule has 0 aromatic heterocycles. The summed E-state index contributed by atoms with van der Waals surface area (Å²) in [5, 5.41) is 2.75. The van der Waals surface area contributed by atoms with Gasteiger partial charge in [0.15, 0.2) is 0 Å². The predicted molar refractivity (Wildman–Crippen MR) is 108 cm³/mol. The predicted octanol–water partition coefficient (Wildman–Crippen LogP) is 3.90. The van der Waals surface area contributed by atoms with Crippen LogP contribution in [-0.2, 0) is 14.4 Å². The summed E-state index contributed by atoms with van der Waals surface area (Å²) < 4.78 is 5.80. The van der Waals surface area contributed by atoms with Gasteiger partial charge in [0.25, 0.3) is 0 Å². The first-order chi connectivity index (χ1) is 14.0. The van der Waals surface area contributed by atoms with Crippen LogP contribution in [0.15, 0.2) is 48.5 Å². The summed E-state index contributed by atoms with van der Waals surface area (Å²) >= 11 is 0. The zero-order valence-corrected chi connectivity index (χ0v) is 16.4. The zero-order valence-electron chi connectivity index (χ0n) is 16.4. The molecule has 6 nitrogen and oxygen atoms in total. The highest BCUT2D eigenvalue weighted by Crippen LogP contribution is 2.37. The van der Waals surface area contributed by atoms with E-state index in [1.165, 1.54) is 0 Å². The van der Waals surface area contributed by atoms with Crippen molar-refractivity contribution in [1.29, 1.82) is 0 Å². The summed E-state index contributed by atoms with van der Waals surface area (Å²) in [6.45, 7) is 1.77. The Morgan fingerprint density at radius 3 is 2.28 bits per heavy atom. The second kappa shape index (κ2) is 8.07. The quantitative estimate of drug-likeness (QED) is 0.783. The molecule has 0 unspecified atom stereocenters. The lowest BCUT2D eigenvalue weighted by molar-refractivity contribution is -0.142. The van der Waals surface area contributed by atoms with Crippen LogP contribution in [0, 0.1) is 18.8 Å². The normalized spacial score (nSPS) is 21.1. The Balaban J connectivity index is 1.35. The standard InChI is InChI=1S/C23H24N2O4/c1-15-5-4-6-18(13-15)29-17-11-9-16(10-12-17)24-21(26)14-25-22(27)19-7-2-3-8-20(19)23(25)28/h4-6,9-13,19-20H,2-3,7-8,14H2,1H3,(H,24,26)/t19-,20-/m0/s1. The van der Waals surface area contributed by atoms with Crippen molar-refractivity contribution in [2.75, 3.05) is 11.9 Å². The number of benzene rings is 2. The van der Waals surface area contributed by atoms with Crippen LogP contribution in [0.25, 0.3) is 0 Å². The van der Waals surface area contributed by atoms with E-state index in [9.17, 15) is 14.4 Å². The third-order valence-electron chi connectivity index (χ3n) is 5.60. The second-order valence-corrected chi connectivity index (χ2v) is 7.75. The monoisotopic (exact) mass is 392 g/mol. The van der Waals surface area contributed by atoms with Crippen molar-refractivity contribution >= 4 is 23.4 Å². The Labute approximate surface area is 169 Å². The van der Waals surface area contributed by atoms with Gasteiger partial charge >= 0.3 is 0 Å². The van der Waals surface area contributed by atoms with Crippen molar-refractivity contribution in [1.82, 2.24) is 4.90 Å². The van der Waals surface area contributed by atoms with Gasteiger partial charge in [0, 0.05) is 5.69 Å². The molecule has 3 amide bonds. The van der Waals surface area contributed by atoms with Crippen molar-refractivity contribution < 1.29 is 19.1 Å². The molecule has 2 aromatic rings. The number of rotatable bonds is 5. The fourth-order valence-electron chi connectivity index (χ4n) is 4.15. The number of hydrogen-bond donors (Lipinski definition) is 1. The van der Waals surface area contributed by atoms with Crippen molar-refractivity contribution in [2.24, 2.45) is 11.8 Å². The molecular formula is C23H24N2O4. The van der Waals surface area contributed by atoms with E-state index in [4.69, 9.17) is 4.74 Å². The van der Waals surface area contributed by atoms with Gasteiger partial charge in [0.05, 0.1) is 11.8 Å². The highest BCUT2D eigenvalue weighted by atomic mass is 16.5. The largest absolute Gasteiger partial charge is 0.457 e. The molecule has 1 aliphatic carbocycles. The Morgan fingerprint density at radius 1 is 1.00 bits per heavy atom. The van der Waals surface area contributed by atoms with E-state index >= 15 is 0 Å². The Bertz CT molecular complexity index is 914. The number of hydrogen-bond acceptors (Lipinski definition) is 4. The highest BCUT2D eigenvalue weighted by molar-refractivity contribution is 6.08. The molecule has 2 aliphatic rings. The van der Waals surface area contributed by atoms with Crippen molar-refractivity contribution in [3.8, 4) is 11.5 Å². The molecule has 2 fully saturated rings. The average Bonchev–Trinajstić information content (AvgIpc) is 2.95. The molecule has 0 bridgehead atoms. The van der Waals surface area contributed by atoms with Gasteiger partial charge in [-0.15, -0.1) is 0 Å².